The van der Waals surface area contributed by atoms with Crippen molar-refractivity contribution < 1.29 is 14.9 Å². The predicted molar refractivity (Wildman–Crippen MR) is 76.6 cm³/mol. The van der Waals surface area contributed by atoms with Crippen molar-refractivity contribution in [2.75, 3.05) is 39.4 Å². The molecule has 3 atom stereocenters. The number of aliphatic hydroxyl groups is 2. The third-order valence-corrected chi connectivity index (χ3v) is 5.51. The number of nitrogens with zero attached hydrogens (tertiary/aromatic N) is 1. The quantitative estimate of drug-likeness (QED) is 0.661. The summed E-state index contributed by atoms with van der Waals surface area (Å²) in [6.07, 6.45) is 4.72. The minimum atomic E-state index is -0.303. The maximum Gasteiger partial charge on any atom is 0.0791 e. The van der Waals surface area contributed by atoms with Gasteiger partial charge >= 0.3 is 0 Å². The molecule has 2 saturated heterocycles. The topological polar surface area (TPSA) is 65.0 Å². The molecule has 3 N–H and O–H groups in total. The minimum absolute atomic E-state index is 0.00557. The zero-order chi connectivity index (χ0) is 14.0. The van der Waals surface area contributed by atoms with Gasteiger partial charge in [-0.1, -0.05) is 0 Å². The van der Waals surface area contributed by atoms with Crippen LogP contribution in [0.3, 0.4) is 0 Å². The van der Waals surface area contributed by atoms with Gasteiger partial charge < -0.3 is 25.2 Å². The second kappa shape index (κ2) is 6.28. The maximum absolute atomic E-state index is 10.1. The van der Waals surface area contributed by atoms with Crippen LogP contribution >= 0.6 is 0 Å². The van der Waals surface area contributed by atoms with Crippen molar-refractivity contribution in [1.82, 2.24) is 10.2 Å². The van der Waals surface area contributed by atoms with E-state index in [2.05, 4.69) is 10.2 Å². The second-order valence-corrected chi connectivity index (χ2v) is 6.72. The Labute approximate surface area is 121 Å². The molecule has 1 saturated carbocycles. The maximum atomic E-state index is 10.1. The fraction of sp³-hybridized carbons (Fsp3) is 1.00. The highest BCUT2D eigenvalue weighted by molar-refractivity contribution is 5.08. The van der Waals surface area contributed by atoms with Crippen molar-refractivity contribution in [2.45, 2.75) is 50.4 Å². The summed E-state index contributed by atoms with van der Waals surface area (Å²) < 4.78 is 5.42. The monoisotopic (exact) mass is 284 g/mol. The Morgan fingerprint density at radius 3 is 2.60 bits per heavy atom. The number of likely N-dealkylation sites (tertiary alicyclic amines) is 1. The molecule has 5 nitrogen and oxygen atoms in total. The lowest BCUT2D eigenvalue weighted by atomic mass is 9.58. The van der Waals surface area contributed by atoms with Crippen molar-refractivity contribution in [2.24, 2.45) is 5.41 Å². The van der Waals surface area contributed by atoms with E-state index in [-0.39, 0.29) is 17.6 Å². The van der Waals surface area contributed by atoms with Crippen molar-refractivity contribution in [3.8, 4) is 0 Å². The zero-order valence-corrected chi connectivity index (χ0v) is 12.3. The molecule has 2 aliphatic heterocycles. The molecular formula is C15H28N2O3. The lowest BCUT2D eigenvalue weighted by Gasteiger charge is -2.56. The fourth-order valence-corrected chi connectivity index (χ4v) is 4.09. The van der Waals surface area contributed by atoms with Gasteiger partial charge in [-0.15, -0.1) is 0 Å². The van der Waals surface area contributed by atoms with Gasteiger partial charge in [0.1, 0.15) is 0 Å². The van der Waals surface area contributed by atoms with Crippen LogP contribution in [0.5, 0.6) is 0 Å². The zero-order valence-electron chi connectivity index (χ0n) is 12.3. The fourth-order valence-electron chi connectivity index (χ4n) is 4.09. The van der Waals surface area contributed by atoms with Crippen molar-refractivity contribution in [3.05, 3.63) is 0 Å². The van der Waals surface area contributed by atoms with Crippen LogP contribution in [0.2, 0.25) is 0 Å². The molecule has 3 aliphatic rings. The molecule has 3 rings (SSSR count). The summed E-state index contributed by atoms with van der Waals surface area (Å²) in [6.45, 7) is 5.17. The van der Waals surface area contributed by atoms with Gasteiger partial charge in [0, 0.05) is 37.8 Å². The van der Waals surface area contributed by atoms with Gasteiger partial charge in [0.15, 0.2) is 0 Å². The molecular weight excluding hydrogens is 256 g/mol. The smallest absolute Gasteiger partial charge is 0.0791 e. The van der Waals surface area contributed by atoms with Crippen LogP contribution in [-0.2, 0) is 4.74 Å². The Morgan fingerprint density at radius 2 is 1.95 bits per heavy atom. The van der Waals surface area contributed by atoms with Crippen molar-refractivity contribution >= 4 is 0 Å². The highest BCUT2D eigenvalue weighted by Gasteiger charge is 2.54. The number of β-amino-alcohol motifs (C(OH)–C–C–N with tert-alkyl or cyclic N) is 1. The summed E-state index contributed by atoms with van der Waals surface area (Å²) in [5, 5.41) is 23.8. The molecule has 3 fully saturated rings. The van der Waals surface area contributed by atoms with E-state index in [1.165, 1.54) is 12.8 Å². The van der Waals surface area contributed by atoms with Crippen LogP contribution in [0.4, 0.5) is 0 Å². The third-order valence-electron chi connectivity index (χ3n) is 5.51. The Bertz CT molecular complexity index is 314. The summed E-state index contributed by atoms with van der Waals surface area (Å²) in [7, 11) is 0. The second-order valence-electron chi connectivity index (χ2n) is 6.72. The van der Waals surface area contributed by atoms with E-state index >= 15 is 0 Å². The molecule has 20 heavy (non-hydrogen) atoms. The molecule has 5 heteroatoms. The SMILES string of the molecule is OC(CN[C@@H]1C[C@@H](O)C12CCOCC2)CN1CCCC1. The molecule has 0 amide bonds. The van der Waals surface area contributed by atoms with Gasteiger partial charge in [-0.2, -0.15) is 0 Å². The largest absolute Gasteiger partial charge is 0.392 e. The van der Waals surface area contributed by atoms with Gasteiger partial charge in [0.2, 0.25) is 0 Å². The molecule has 1 spiro atoms. The number of nitrogens with one attached hydrogen (secondary N) is 1. The van der Waals surface area contributed by atoms with Crippen molar-refractivity contribution in [3.63, 3.8) is 0 Å². The van der Waals surface area contributed by atoms with Gasteiger partial charge in [-0.25, -0.2) is 0 Å². The molecule has 2 heterocycles. The van der Waals surface area contributed by atoms with E-state index in [4.69, 9.17) is 4.74 Å². The molecule has 0 aromatic rings. The van der Waals surface area contributed by atoms with Crippen LogP contribution in [0.1, 0.15) is 32.1 Å². The normalized spacial score (nSPS) is 35.1. The van der Waals surface area contributed by atoms with E-state index in [0.29, 0.717) is 12.6 Å². The van der Waals surface area contributed by atoms with Gasteiger partial charge in [0.25, 0.3) is 0 Å². The summed E-state index contributed by atoms with van der Waals surface area (Å²) in [6, 6.07) is 0.342. The Balaban J connectivity index is 1.43. The van der Waals surface area contributed by atoms with E-state index < -0.39 is 0 Å². The number of rotatable bonds is 5. The standard InChI is InChI=1S/C15H28N2O3/c18-12(11-17-5-1-2-6-17)10-16-13-9-14(19)15(13)3-7-20-8-4-15/h12-14,16,18-19H,1-11H2/t12?,13-,14-/m1/s1. The third kappa shape index (κ3) is 2.88. The molecule has 0 bridgehead atoms. The van der Waals surface area contributed by atoms with E-state index in [1.807, 2.05) is 0 Å². The Morgan fingerprint density at radius 1 is 1.25 bits per heavy atom. The Hall–Kier alpha value is -0.200. The van der Waals surface area contributed by atoms with Crippen LogP contribution in [0.25, 0.3) is 0 Å². The van der Waals surface area contributed by atoms with Crippen LogP contribution in [0, 0.1) is 5.41 Å². The summed E-state index contributed by atoms with van der Waals surface area (Å²) in [5.74, 6) is 0. The first-order valence-electron chi connectivity index (χ1n) is 8.10. The minimum Gasteiger partial charge on any atom is -0.392 e. The van der Waals surface area contributed by atoms with Gasteiger partial charge in [0.05, 0.1) is 12.2 Å². The van der Waals surface area contributed by atoms with Crippen LogP contribution in [-0.4, -0.2) is 72.8 Å². The number of aliphatic hydroxyl groups excluding tert-OH is 2. The molecule has 0 radical (unpaired) electrons. The van der Waals surface area contributed by atoms with Gasteiger partial charge in [-0.05, 0) is 45.2 Å². The highest BCUT2D eigenvalue weighted by atomic mass is 16.5. The number of hydrogen-bond acceptors (Lipinski definition) is 5. The number of ether oxygens (including phenoxy) is 1. The van der Waals surface area contributed by atoms with Crippen molar-refractivity contribution in [1.29, 1.82) is 0 Å². The van der Waals surface area contributed by atoms with E-state index in [0.717, 1.165) is 52.1 Å². The molecule has 0 aromatic carbocycles. The van der Waals surface area contributed by atoms with Crippen LogP contribution in [0.15, 0.2) is 0 Å². The summed E-state index contributed by atoms with van der Waals surface area (Å²) >= 11 is 0. The molecule has 0 aromatic heterocycles. The van der Waals surface area contributed by atoms with Crippen LogP contribution < -0.4 is 5.32 Å². The predicted octanol–water partition coefficient (Wildman–Crippen LogP) is -0.0373. The molecule has 116 valence electrons. The van der Waals surface area contributed by atoms with E-state index in [1.54, 1.807) is 0 Å². The molecule has 1 aliphatic carbocycles. The van der Waals surface area contributed by atoms with E-state index in [9.17, 15) is 10.2 Å². The molecule has 1 unspecified atom stereocenters. The number of hydrogen-bond donors (Lipinski definition) is 3. The Kier molecular flexibility index (Phi) is 4.62. The first-order valence-corrected chi connectivity index (χ1v) is 8.10. The summed E-state index contributed by atoms with van der Waals surface area (Å²) in [4.78, 5) is 2.34. The average molecular weight is 284 g/mol. The van der Waals surface area contributed by atoms with Gasteiger partial charge in [-0.3, -0.25) is 0 Å². The summed E-state index contributed by atoms with van der Waals surface area (Å²) in [5.41, 5.74) is 0.00557. The average Bonchev–Trinajstić information content (AvgIpc) is 2.97. The lowest BCUT2D eigenvalue weighted by molar-refractivity contribution is -0.149. The first-order chi connectivity index (χ1) is 9.71. The highest BCUT2D eigenvalue weighted by Crippen LogP contribution is 2.48. The lowest BCUT2D eigenvalue weighted by Crippen LogP contribution is -2.65. The first kappa shape index (κ1) is 14.7.